The average Bonchev–Trinajstić information content (AvgIpc) is 1.56. The fraction of sp³-hybridized carbons (Fsp3) is 0.0805. The molecule has 0 saturated carbocycles. The molecule has 0 amide bonds. The van der Waals surface area contributed by atoms with Crippen LogP contribution in [0.25, 0.3) is 152 Å². The van der Waals surface area contributed by atoms with Gasteiger partial charge in [-0.05, 0) is 105 Å². The molecule has 12 aromatic carbocycles. The molecule has 19 rings (SSSR count). The molecule has 1 saturated heterocycles. The second-order valence-electron chi connectivity index (χ2n) is 23.9. The lowest BCUT2D eigenvalue weighted by Gasteiger charge is -2.32. The molecule has 1 fully saturated rings. The maximum atomic E-state index is 8.60. The van der Waals surface area contributed by atoms with Crippen molar-refractivity contribution in [1.82, 2.24) is 39.0 Å². The summed E-state index contributed by atoms with van der Waals surface area (Å²) in [5, 5.41) is 9.31. The van der Waals surface area contributed by atoms with Crippen molar-refractivity contribution in [2.24, 2.45) is 0 Å². The van der Waals surface area contributed by atoms with Gasteiger partial charge in [-0.3, -0.25) is 0 Å². The minimum atomic E-state index is -0.609. The molecule has 101 heavy (non-hydrogen) atoms. The first-order chi connectivity index (χ1) is 57.3. The van der Waals surface area contributed by atoms with Crippen molar-refractivity contribution >= 4 is 131 Å². The van der Waals surface area contributed by atoms with E-state index in [0.29, 0.717) is 5.56 Å². The number of nitrogens with zero attached hydrogens (tertiary/aromatic N) is 8. The fourth-order valence-corrected chi connectivity index (χ4v) is 14.9. The molecule has 6 aromatic heterocycles. The lowest BCUT2D eigenvalue weighted by atomic mass is 9.79. The van der Waals surface area contributed by atoms with Crippen LogP contribution in [-0.4, -0.2) is 57.4 Å². The van der Waals surface area contributed by atoms with Crippen molar-refractivity contribution in [2.75, 3.05) is 0 Å². The number of benzene rings is 12. The Balaban J connectivity index is 0.000000147. The highest BCUT2D eigenvalue weighted by molar-refractivity contribution is 7.27. The Morgan fingerprint density at radius 1 is 0.366 bits per heavy atom. The fourth-order valence-electron chi connectivity index (χ4n) is 12.3. The van der Waals surface area contributed by atoms with E-state index in [0.717, 1.165) is 48.7 Å². The quantitative estimate of drug-likeness (QED) is 0.109. The maximum Gasteiger partial charge on any atom is 0.494 e. The molecule has 7 heterocycles. The van der Waals surface area contributed by atoms with E-state index in [2.05, 4.69) is 201 Å². The largest absolute Gasteiger partial charge is 0.494 e. The van der Waals surface area contributed by atoms with E-state index in [9.17, 15) is 0 Å². The van der Waals surface area contributed by atoms with Gasteiger partial charge in [-0.2, -0.15) is 9.97 Å². The lowest BCUT2D eigenvalue weighted by molar-refractivity contribution is 0.00578. The van der Waals surface area contributed by atoms with Gasteiger partial charge in [-0.25, -0.2) is 19.9 Å². The number of rotatable bonds is 8. The Kier molecular flexibility index (Phi) is 12.4. The van der Waals surface area contributed by atoms with Crippen LogP contribution in [0.2, 0.25) is 5.28 Å². The average molecular weight is 1390 g/mol. The number of hydrogen-bond acceptors (Lipinski definition) is 10. The van der Waals surface area contributed by atoms with Gasteiger partial charge in [0.1, 0.15) is 0 Å². The maximum absolute atomic E-state index is 8.60. The molecule has 0 aliphatic carbocycles. The number of aromatic nitrogens is 8. The highest BCUT2D eigenvalue weighted by Gasteiger charge is 2.51. The van der Waals surface area contributed by atoms with Gasteiger partial charge < -0.3 is 18.4 Å². The van der Waals surface area contributed by atoms with Gasteiger partial charge in [-0.15, -0.1) is 35.5 Å². The van der Waals surface area contributed by atoms with Gasteiger partial charge in [-0.1, -0.05) is 237 Å². The molecular weight excluding hydrogens is 1300 g/mol. The van der Waals surface area contributed by atoms with E-state index in [1.54, 1.807) is 23.5 Å². The molecular formula is C87H66BClN8O2S2. The zero-order chi connectivity index (χ0) is 85.5. The zero-order valence-corrected chi connectivity index (χ0v) is 55.9. The molecule has 1 aliphatic rings. The first-order valence-corrected chi connectivity index (χ1v) is 33.3. The van der Waals surface area contributed by atoms with Gasteiger partial charge in [0.05, 0.1) is 70.1 Å². The van der Waals surface area contributed by atoms with Gasteiger partial charge in [0.15, 0.2) is 29.1 Å². The summed E-state index contributed by atoms with van der Waals surface area (Å²) in [6.45, 7) is 8.37. The smallest absolute Gasteiger partial charge is 0.399 e. The van der Waals surface area contributed by atoms with Crippen LogP contribution in [0.4, 0.5) is 0 Å². The molecule has 18 aromatic rings. The van der Waals surface area contributed by atoms with Gasteiger partial charge in [0.25, 0.3) is 0 Å². The SMILES string of the molecule is C.C#C.CC1(C)OB(c2ccc(-n3c4ccccc4c4ccc5c6ccccc6sc5c43)cc2)OC1(C)C.[2H]c1c([2H])c([2H])c(-c2nc(-c3ccc(-n4c5ccccc5c5ccc6c7ccccc7sc6c54)cc3)nc(-c3c([2H])c([2H])c([2H])c([2H])c3[2H])n2)c([2H])c1[2H].[2H]c1c([2H])c([2H])c(-c2nc(Cl)nc(-c3c([2H])c([2H])c([2H])c([2H])c3[2H])n2)c([2H])c1[2H]. The van der Waals surface area contributed by atoms with Crippen LogP contribution in [0.5, 0.6) is 0 Å². The summed E-state index contributed by atoms with van der Waals surface area (Å²) in [7, 11) is -0.360. The zero-order valence-electron chi connectivity index (χ0n) is 73.5. The lowest BCUT2D eigenvalue weighted by Crippen LogP contribution is -2.41. The van der Waals surface area contributed by atoms with Gasteiger partial charge in [0, 0.05) is 91.7 Å². The van der Waals surface area contributed by atoms with Crippen LogP contribution in [0.15, 0.2) is 291 Å². The third kappa shape index (κ3) is 12.2. The monoisotopic (exact) mass is 1380 g/mol. The first kappa shape index (κ1) is 46.0. The molecule has 0 radical (unpaired) electrons. The number of terminal acetylenes is 1. The second kappa shape index (κ2) is 27.3. The van der Waals surface area contributed by atoms with Crippen molar-refractivity contribution in [1.29, 1.82) is 0 Å². The minimum absolute atomic E-state index is 0. The van der Waals surface area contributed by atoms with Crippen LogP contribution >= 0.6 is 34.3 Å². The van der Waals surface area contributed by atoms with E-state index in [1.807, 2.05) is 47.7 Å². The van der Waals surface area contributed by atoms with Crippen molar-refractivity contribution in [2.45, 2.75) is 46.3 Å². The van der Waals surface area contributed by atoms with Crippen LogP contribution in [-0.2, 0) is 9.31 Å². The Labute approximate surface area is 627 Å². The summed E-state index contributed by atoms with van der Waals surface area (Å²) in [4.78, 5) is 25.1. The Hall–Kier alpha value is -11.5. The van der Waals surface area contributed by atoms with Crippen LogP contribution < -0.4 is 5.46 Å². The predicted molar refractivity (Wildman–Crippen MR) is 425 cm³/mol. The summed E-state index contributed by atoms with van der Waals surface area (Å²) in [5.41, 5.74) is 6.02. The molecule has 14 heteroatoms. The summed E-state index contributed by atoms with van der Waals surface area (Å²) in [6.07, 6.45) is 8.00. The topological polar surface area (TPSA) is 106 Å². The molecule has 1 aliphatic heterocycles. The Bertz CT molecular complexity index is 7080. The number of para-hydroxylation sites is 2. The van der Waals surface area contributed by atoms with Crippen molar-refractivity contribution in [3.63, 3.8) is 0 Å². The highest BCUT2D eigenvalue weighted by Crippen LogP contribution is 2.46. The normalized spacial score (nSPS) is 15.8. The highest BCUT2D eigenvalue weighted by atomic mass is 35.5. The molecule has 0 unspecified atom stereocenters. The molecule has 10 nitrogen and oxygen atoms in total. The van der Waals surface area contributed by atoms with Crippen LogP contribution in [0.3, 0.4) is 0 Å². The Morgan fingerprint density at radius 3 is 1.07 bits per heavy atom. The van der Waals surface area contributed by atoms with E-state index >= 15 is 0 Å². The van der Waals surface area contributed by atoms with Crippen LogP contribution in [0.1, 0.15) is 62.5 Å². The van der Waals surface area contributed by atoms with Crippen molar-refractivity contribution in [3.8, 4) is 81.2 Å². The van der Waals surface area contributed by atoms with Gasteiger partial charge >= 0.3 is 7.12 Å². The molecule has 0 N–H and O–H groups in total. The second-order valence-corrected chi connectivity index (χ2v) is 26.3. The Morgan fingerprint density at radius 2 is 0.683 bits per heavy atom. The first-order valence-electron chi connectivity index (χ1n) is 41.3. The van der Waals surface area contributed by atoms with Crippen molar-refractivity contribution in [3.05, 3.63) is 296 Å². The third-order valence-electron chi connectivity index (χ3n) is 17.6. The van der Waals surface area contributed by atoms with Crippen molar-refractivity contribution < 1.29 is 36.7 Å². The van der Waals surface area contributed by atoms with E-state index in [-0.39, 0.29) is 77.1 Å². The summed E-state index contributed by atoms with van der Waals surface area (Å²) < 4.78 is 184. The predicted octanol–water partition coefficient (Wildman–Crippen LogP) is 22.5. The third-order valence-corrected chi connectivity index (χ3v) is 20.1. The number of halogens is 1. The molecule has 0 atom stereocenters. The molecule has 488 valence electrons. The van der Waals surface area contributed by atoms with E-state index < -0.39 is 126 Å². The molecule has 0 bridgehead atoms. The summed E-state index contributed by atoms with van der Waals surface area (Å²) >= 11 is 9.53. The van der Waals surface area contributed by atoms with Gasteiger partial charge in [0.2, 0.25) is 5.28 Å². The van der Waals surface area contributed by atoms with E-state index in [1.165, 1.54) is 52.1 Å². The number of thiophene rings is 2. The summed E-state index contributed by atoms with van der Waals surface area (Å²) in [5.74, 6) is -1.38. The standard InChI is InChI=1S/C39H24N4S.C30H26BNO2S.C15H10ClN3.C2H2.CH4/c1-3-11-25(12-4-1)37-40-38(26-13-5-2-6-14-26)42-39(41-37)27-19-21-28(22-20-27)43-33-17-9-7-15-29(33)31-23-24-32-30-16-8-10-18-34(30)44-36(32)35(31)43;1-29(2)30(3,4)34-31(33-29)19-13-15-20(16-14-19)32-25-11-7-5-9-21(25)23-17-18-24-22-10-6-8-12-26(22)35-28(24)27(23)32;16-15-18-13(11-7-3-1-4-8-11)17-14(19-15)12-9-5-2-6-10-12;1-2;/h1-24H;5-18H,1-4H3;1-10H;1-2H;1H4/i1D,2D,3D,4D,5D,6D,11D,12D,13D,14D;;1D,2D,3D,4D,5D,6D,7D,8D,9D,10D;;. The number of hydrogen-bond donors (Lipinski definition) is 0. The van der Waals surface area contributed by atoms with E-state index in [4.69, 9.17) is 48.3 Å². The number of fused-ring (bicyclic) bond motifs is 14. The summed E-state index contributed by atoms with van der Waals surface area (Å²) in [6, 6.07) is 47.2. The van der Waals surface area contributed by atoms with Crippen LogP contribution in [0, 0.1) is 12.8 Å². The molecule has 0 spiro atoms. The minimum Gasteiger partial charge on any atom is -0.399 e.